The fourth-order valence-electron chi connectivity index (χ4n) is 3.47. The molecule has 0 unspecified atom stereocenters. The molecule has 11 heteroatoms. The number of carbonyl (C=O) groups excluding carboxylic acids is 5. The third-order valence-electron chi connectivity index (χ3n) is 4.79. The van der Waals surface area contributed by atoms with Crippen LogP contribution in [0.3, 0.4) is 0 Å². The Morgan fingerprint density at radius 2 is 1.50 bits per heavy atom. The second-order valence-electron chi connectivity index (χ2n) is 7.33. The number of hydrogen-bond acceptors (Lipinski definition) is 9. The van der Waals surface area contributed by atoms with Gasteiger partial charge in [-0.25, -0.2) is 9.69 Å². The lowest BCUT2D eigenvalue weighted by atomic mass is 10.1. The van der Waals surface area contributed by atoms with Crippen molar-refractivity contribution in [1.82, 2.24) is 4.90 Å². The van der Waals surface area contributed by atoms with E-state index in [1.807, 2.05) is 0 Å². The van der Waals surface area contributed by atoms with Crippen LogP contribution in [-0.2, 0) is 30.5 Å². The van der Waals surface area contributed by atoms with Gasteiger partial charge in [0.15, 0.2) is 11.5 Å². The Balaban J connectivity index is 1.94. The summed E-state index contributed by atoms with van der Waals surface area (Å²) in [5, 5.41) is 0. The minimum Gasteiger partial charge on any atom is -0.465 e. The van der Waals surface area contributed by atoms with Crippen LogP contribution in [0.4, 0.5) is 5.69 Å². The Kier molecular flexibility index (Phi) is 7.79. The predicted octanol–water partition coefficient (Wildman–Crippen LogP) is 2.46. The normalized spacial score (nSPS) is 14.1. The van der Waals surface area contributed by atoms with Gasteiger partial charge in [-0.3, -0.25) is 24.1 Å². The first kappa shape index (κ1) is 25.1. The fraction of sp³-hybridized carbons (Fsp3) is 0.261. The Morgan fingerprint density at radius 3 is 2.06 bits per heavy atom. The molecule has 34 heavy (non-hydrogen) atoms. The molecule has 0 radical (unpaired) electrons. The molecule has 0 atom stereocenters. The largest absolute Gasteiger partial charge is 0.465 e. The van der Waals surface area contributed by atoms with E-state index in [1.54, 1.807) is 29.2 Å². The molecule has 0 bridgehead atoms. The predicted molar refractivity (Wildman–Crippen MR) is 122 cm³/mol. The molecule has 1 aliphatic rings. The first-order valence-electron chi connectivity index (χ1n) is 10.1. The van der Waals surface area contributed by atoms with Crippen LogP contribution in [0, 0.1) is 0 Å². The Hall–Kier alpha value is -3.57. The monoisotopic (exact) mass is 532 g/mol. The maximum absolute atomic E-state index is 12.8. The zero-order valence-corrected chi connectivity index (χ0v) is 20.2. The van der Waals surface area contributed by atoms with Gasteiger partial charge >= 0.3 is 17.9 Å². The highest BCUT2D eigenvalue weighted by molar-refractivity contribution is 9.10. The van der Waals surface area contributed by atoms with Crippen molar-refractivity contribution in [3.05, 3.63) is 52.0 Å². The van der Waals surface area contributed by atoms with E-state index >= 15 is 0 Å². The number of hydrogen-bond donors (Lipinski definition) is 0. The fourth-order valence-corrected chi connectivity index (χ4v) is 3.93. The standard InChI is InChI=1S/C23H21BrN2O8/c1-13(27)33-21-15(8-9-16(23(31)32-3)22(21)34-14(2)28)10-25-11-19(29)26(20(30)12-25)18-7-5-4-6-17(18)24/h4-9H,10-12H2,1-3H3. The SMILES string of the molecule is COC(=O)c1ccc(CN2CC(=O)N(c3ccccc3Br)C(=O)C2)c(OC(C)=O)c1OC(C)=O. The summed E-state index contributed by atoms with van der Waals surface area (Å²) in [4.78, 5) is 64.0. The van der Waals surface area contributed by atoms with E-state index in [1.165, 1.54) is 12.1 Å². The zero-order chi connectivity index (χ0) is 25.0. The minimum absolute atomic E-state index is 0.000387. The van der Waals surface area contributed by atoms with E-state index in [0.717, 1.165) is 25.9 Å². The summed E-state index contributed by atoms with van der Waals surface area (Å²) in [6.07, 6.45) is 0. The summed E-state index contributed by atoms with van der Waals surface area (Å²) in [6, 6.07) is 9.71. The average Bonchev–Trinajstić information content (AvgIpc) is 2.75. The molecular formula is C23H21BrN2O8. The van der Waals surface area contributed by atoms with E-state index in [9.17, 15) is 24.0 Å². The van der Waals surface area contributed by atoms with E-state index in [-0.39, 0.29) is 36.7 Å². The highest BCUT2D eigenvalue weighted by Crippen LogP contribution is 2.37. The Labute approximate surface area is 203 Å². The number of halogens is 1. The summed E-state index contributed by atoms with van der Waals surface area (Å²) in [7, 11) is 1.15. The summed E-state index contributed by atoms with van der Waals surface area (Å²) in [5.41, 5.74) is 0.648. The first-order chi connectivity index (χ1) is 16.1. The second kappa shape index (κ2) is 10.6. The molecular weight excluding hydrogens is 512 g/mol. The number of benzene rings is 2. The molecule has 0 spiro atoms. The van der Waals surface area contributed by atoms with E-state index in [2.05, 4.69) is 15.9 Å². The number of rotatable bonds is 6. The highest BCUT2D eigenvalue weighted by Gasteiger charge is 2.34. The Bertz CT molecular complexity index is 1160. The lowest BCUT2D eigenvalue weighted by Gasteiger charge is -2.33. The number of methoxy groups -OCH3 is 1. The van der Waals surface area contributed by atoms with Crippen LogP contribution < -0.4 is 14.4 Å². The number of carbonyl (C=O) groups is 5. The average molecular weight is 533 g/mol. The topological polar surface area (TPSA) is 120 Å². The zero-order valence-electron chi connectivity index (χ0n) is 18.6. The number of anilines is 1. The molecule has 0 saturated carbocycles. The van der Waals surface area contributed by atoms with Crippen LogP contribution in [0.5, 0.6) is 11.5 Å². The molecule has 1 saturated heterocycles. The number of nitrogens with zero attached hydrogens (tertiary/aromatic N) is 2. The van der Waals surface area contributed by atoms with Gasteiger partial charge in [0, 0.05) is 30.4 Å². The molecule has 1 heterocycles. The molecule has 10 nitrogen and oxygen atoms in total. The number of amides is 2. The quantitative estimate of drug-likeness (QED) is 0.313. The van der Waals surface area contributed by atoms with Gasteiger partial charge in [0.1, 0.15) is 5.56 Å². The van der Waals surface area contributed by atoms with Crippen LogP contribution in [0.2, 0.25) is 0 Å². The molecule has 0 N–H and O–H groups in total. The van der Waals surface area contributed by atoms with Gasteiger partial charge in [-0.05, 0) is 34.1 Å². The van der Waals surface area contributed by atoms with Gasteiger partial charge in [-0.2, -0.15) is 0 Å². The number of piperazine rings is 1. The van der Waals surface area contributed by atoms with Gasteiger partial charge in [-0.15, -0.1) is 0 Å². The van der Waals surface area contributed by atoms with Crippen molar-refractivity contribution in [3.8, 4) is 11.5 Å². The van der Waals surface area contributed by atoms with Gasteiger partial charge in [0.05, 0.1) is 25.9 Å². The molecule has 1 aliphatic heterocycles. The molecule has 2 aromatic rings. The van der Waals surface area contributed by atoms with Gasteiger partial charge in [0.25, 0.3) is 0 Å². The number of imide groups is 1. The number of esters is 3. The van der Waals surface area contributed by atoms with Crippen LogP contribution in [0.1, 0.15) is 29.8 Å². The van der Waals surface area contributed by atoms with Gasteiger partial charge < -0.3 is 14.2 Å². The third kappa shape index (κ3) is 5.49. The lowest BCUT2D eigenvalue weighted by molar-refractivity contribution is -0.134. The molecule has 178 valence electrons. The third-order valence-corrected chi connectivity index (χ3v) is 5.46. The Morgan fingerprint density at radius 1 is 0.912 bits per heavy atom. The number of ether oxygens (including phenoxy) is 3. The maximum atomic E-state index is 12.8. The number of para-hydroxylation sites is 1. The van der Waals surface area contributed by atoms with Crippen LogP contribution >= 0.6 is 15.9 Å². The lowest BCUT2D eigenvalue weighted by Crippen LogP contribution is -2.54. The van der Waals surface area contributed by atoms with Gasteiger partial charge in [0.2, 0.25) is 11.8 Å². The summed E-state index contributed by atoms with van der Waals surface area (Å²) in [6.45, 7) is 2.07. The summed E-state index contributed by atoms with van der Waals surface area (Å²) in [5.74, 6) is -3.60. The molecule has 3 rings (SSSR count). The van der Waals surface area contributed by atoms with Gasteiger partial charge in [-0.1, -0.05) is 18.2 Å². The van der Waals surface area contributed by atoms with Crippen LogP contribution in [-0.4, -0.2) is 54.8 Å². The van der Waals surface area contributed by atoms with Crippen molar-refractivity contribution in [1.29, 1.82) is 0 Å². The molecule has 0 aliphatic carbocycles. The second-order valence-corrected chi connectivity index (χ2v) is 8.18. The smallest absolute Gasteiger partial charge is 0.341 e. The molecule has 2 amide bonds. The van der Waals surface area contributed by atoms with Crippen molar-refractivity contribution in [2.75, 3.05) is 25.1 Å². The van der Waals surface area contributed by atoms with Crippen LogP contribution in [0.15, 0.2) is 40.9 Å². The van der Waals surface area contributed by atoms with E-state index in [4.69, 9.17) is 14.2 Å². The van der Waals surface area contributed by atoms with Crippen molar-refractivity contribution in [2.45, 2.75) is 20.4 Å². The van der Waals surface area contributed by atoms with Crippen LogP contribution in [0.25, 0.3) is 0 Å². The first-order valence-corrected chi connectivity index (χ1v) is 10.8. The van der Waals surface area contributed by atoms with Crippen molar-refractivity contribution in [2.24, 2.45) is 0 Å². The summed E-state index contributed by atoms with van der Waals surface area (Å²) >= 11 is 3.35. The molecule has 1 fully saturated rings. The van der Waals surface area contributed by atoms with Crippen molar-refractivity contribution >= 4 is 51.3 Å². The van der Waals surface area contributed by atoms with E-state index < -0.39 is 29.7 Å². The summed E-state index contributed by atoms with van der Waals surface area (Å²) < 4.78 is 15.8. The molecule has 0 aromatic heterocycles. The maximum Gasteiger partial charge on any atom is 0.341 e. The minimum atomic E-state index is -0.802. The van der Waals surface area contributed by atoms with Crippen molar-refractivity contribution < 1.29 is 38.2 Å². The van der Waals surface area contributed by atoms with Crippen molar-refractivity contribution in [3.63, 3.8) is 0 Å². The highest BCUT2D eigenvalue weighted by atomic mass is 79.9. The molecule has 2 aromatic carbocycles. The van der Waals surface area contributed by atoms with E-state index in [0.29, 0.717) is 15.7 Å².